The Morgan fingerprint density at radius 3 is 2.52 bits per heavy atom. The first-order chi connectivity index (χ1) is 14.8. The van der Waals surface area contributed by atoms with Crippen molar-refractivity contribution in [1.29, 1.82) is 0 Å². The van der Waals surface area contributed by atoms with E-state index in [9.17, 15) is 13.2 Å². The third kappa shape index (κ3) is 3.33. The summed E-state index contributed by atoms with van der Waals surface area (Å²) in [5, 5.41) is 0. The molecule has 2 fully saturated rings. The Hall–Kier alpha value is -2.44. The molecule has 0 aromatic heterocycles. The molecule has 2 aromatic carbocycles. The van der Waals surface area contributed by atoms with Gasteiger partial charge in [-0.25, -0.2) is 8.42 Å². The average molecular weight is 438 g/mol. The molecule has 2 aromatic rings. The number of esters is 1. The Morgan fingerprint density at radius 1 is 1.13 bits per heavy atom. The van der Waals surface area contributed by atoms with E-state index < -0.39 is 15.4 Å². The van der Waals surface area contributed by atoms with E-state index in [1.165, 1.54) is 18.1 Å². The van der Waals surface area contributed by atoms with Crippen molar-refractivity contribution >= 4 is 16.0 Å². The van der Waals surface area contributed by atoms with Crippen LogP contribution in [0.4, 0.5) is 0 Å². The molecule has 1 aliphatic heterocycles. The van der Waals surface area contributed by atoms with Gasteiger partial charge in [0.2, 0.25) is 10.0 Å². The number of benzene rings is 2. The molecule has 3 aliphatic rings. The van der Waals surface area contributed by atoms with Crippen LogP contribution in [0.2, 0.25) is 0 Å². The maximum Gasteiger partial charge on any atom is 0.307 e. The first-order valence-electron chi connectivity index (χ1n) is 10.8. The van der Waals surface area contributed by atoms with E-state index >= 15 is 0 Å². The van der Waals surface area contributed by atoms with Gasteiger partial charge >= 0.3 is 5.97 Å². The predicted molar refractivity (Wildman–Crippen MR) is 118 cm³/mol. The summed E-state index contributed by atoms with van der Waals surface area (Å²) in [5.74, 6) is 0.947. The number of sulfonamides is 1. The Labute approximate surface area is 183 Å². The molecule has 0 radical (unpaired) electrons. The number of allylic oxidation sites excluding steroid dienone is 1. The van der Waals surface area contributed by atoms with Crippen molar-refractivity contribution in [2.45, 2.75) is 38.0 Å². The highest BCUT2D eigenvalue weighted by Gasteiger charge is 2.63. The number of rotatable bonds is 5. The first-order valence-corrected chi connectivity index (χ1v) is 12.3. The van der Waals surface area contributed by atoms with Crippen molar-refractivity contribution in [3.05, 3.63) is 77.1 Å². The smallest absolute Gasteiger partial charge is 0.307 e. The Kier molecular flexibility index (Phi) is 4.83. The van der Waals surface area contributed by atoms with Crippen LogP contribution >= 0.6 is 0 Å². The van der Waals surface area contributed by atoms with Crippen LogP contribution < -0.4 is 0 Å². The number of hydrogen-bond acceptors (Lipinski definition) is 4. The highest BCUT2D eigenvalue weighted by Crippen LogP contribution is 2.64. The zero-order chi connectivity index (χ0) is 21.8. The molecule has 0 amide bonds. The molecular formula is C25H27NO4S. The minimum absolute atomic E-state index is 0.187. The van der Waals surface area contributed by atoms with Crippen molar-refractivity contribution < 1.29 is 17.9 Å². The predicted octanol–water partition coefficient (Wildman–Crippen LogP) is 4.09. The monoisotopic (exact) mass is 437 g/mol. The van der Waals surface area contributed by atoms with Crippen LogP contribution in [0.25, 0.3) is 0 Å². The van der Waals surface area contributed by atoms with Crippen molar-refractivity contribution in [3.8, 4) is 0 Å². The molecular weight excluding hydrogens is 410 g/mol. The van der Waals surface area contributed by atoms with Crippen molar-refractivity contribution in [2.24, 2.45) is 17.3 Å². The SMILES string of the molecule is CC(=O)OC1=C(Cc2ccccc2)C2C[C@H]3CN(S(=O)(=O)c4ccc(C)cc4)C[C@]13C2. The summed E-state index contributed by atoms with van der Waals surface area (Å²) in [6.07, 6.45) is 2.56. The van der Waals surface area contributed by atoms with Gasteiger partial charge in [0.25, 0.3) is 0 Å². The molecule has 1 unspecified atom stereocenters. The zero-order valence-corrected chi connectivity index (χ0v) is 18.7. The fraction of sp³-hybridized carbons (Fsp3) is 0.400. The van der Waals surface area contributed by atoms with Gasteiger partial charge < -0.3 is 4.74 Å². The quantitative estimate of drug-likeness (QED) is 0.661. The third-order valence-corrected chi connectivity index (χ3v) is 9.05. The third-order valence-electron chi connectivity index (χ3n) is 7.22. The maximum absolute atomic E-state index is 13.4. The van der Waals surface area contributed by atoms with Gasteiger partial charge in [-0.2, -0.15) is 4.31 Å². The Balaban J connectivity index is 1.50. The van der Waals surface area contributed by atoms with Gasteiger partial charge in [0.05, 0.1) is 4.90 Å². The molecule has 1 heterocycles. The number of carbonyl (C=O) groups excluding carboxylic acids is 1. The van der Waals surface area contributed by atoms with Crippen LogP contribution in [-0.2, 0) is 26.0 Å². The molecule has 2 aliphatic carbocycles. The lowest BCUT2D eigenvalue weighted by Gasteiger charge is -2.31. The highest BCUT2D eigenvalue weighted by atomic mass is 32.2. The summed E-state index contributed by atoms with van der Waals surface area (Å²) in [4.78, 5) is 12.3. The molecule has 162 valence electrons. The lowest BCUT2D eigenvalue weighted by atomic mass is 9.77. The maximum atomic E-state index is 13.4. The first kappa shape index (κ1) is 20.5. The van der Waals surface area contributed by atoms with Gasteiger partial charge in [-0.1, -0.05) is 48.0 Å². The van der Waals surface area contributed by atoms with E-state index in [1.807, 2.05) is 37.3 Å². The van der Waals surface area contributed by atoms with Gasteiger partial charge in [0.1, 0.15) is 5.76 Å². The number of nitrogens with zero attached hydrogens (tertiary/aromatic N) is 1. The molecule has 1 saturated carbocycles. The van der Waals surface area contributed by atoms with E-state index in [4.69, 9.17) is 4.74 Å². The topological polar surface area (TPSA) is 63.7 Å². The molecule has 5 nitrogen and oxygen atoms in total. The van der Waals surface area contributed by atoms with Crippen LogP contribution in [0, 0.1) is 24.2 Å². The molecule has 6 heteroatoms. The summed E-state index contributed by atoms with van der Waals surface area (Å²) in [6.45, 7) is 4.24. The number of ether oxygens (including phenoxy) is 1. The number of carbonyl (C=O) groups is 1. The van der Waals surface area contributed by atoms with Crippen LogP contribution in [-0.4, -0.2) is 31.8 Å². The van der Waals surface area contributed by atoms with Crippen molar-refractivity contribution in [1.82, 2.24) is 4.31 Å². The second kappa shape index (κ2) is 7.31. The van der Waals surface area contributed by atoms with Crippen molar-refractivity contribution in [3.63, 3.8) is 0 Å². The number of fused-ring (bicyclic) bond motifs is 1. The van der Waals surface area contributed by atoms with Gasteiger partial charge in [0.15, 0.2) is 0 Å². The largest absolute Gasteiger partial charge is 0.431 e. The number of aryl methyl sites for hydroxylation is 1. The summed E-state index contributed by atoms with van der Waals surface area (Å²) < 4.78 is 34.1. The minimum atomic E-state index is -3.59. The lowest BCUT2D eigenvalue weighted by molar-refractivity contribution is -0.138. The molecule has 5 rings (SSSR count). The second-order valence-corrected chi connectivity index (χ2v) is 11.1. The summed E-state index contributed by atoms with van der Waals surface area (Å²) in [5.41, 5.74) is 3.00. The van der Waals surface area contributed by atoms with Crippen LogP contribution in [0.5, 0.6) is 0 Å². The molecule has 1 saturated heterocycles. The average Bonchev–Trinajstić information content (AvgIpc) is 3.35. The minimum Gasteiger partial charge on any atom is -0.431 e. The zero-order valence-electron chi connectivity index (χ0n) is 17.9. The molecule has 1 spiro atoms. The Morgan fingerprint density at radius 2 is 1.84 bits per heavy atom. The van der Waals surface area contributed by atoms with E-state index in [0.717, 1.165) is 30.6 Å². The van der Waals surface area contributed by atoms with Gasteiger partial charge in [-0.15, -0.1) is 0 Å². The molecule has 3 atom stereocenters. The van der Waals surface area contributed by atoms with Gasteiger partial charge in [0, 0.05) is 25.4 Å². The van der Waals surface area contributed by atoms with Gasteiger partial charge in [-0.05, 0) is 61.3 Å². The van der Waals surface area contributed by atoms with Gasteiger partial charge in [-0.3, -0.25) is 4.79 Å². The molecule has 31 heavy (non-hydrogen) atoms. The normalized spacial score (nSPS) is 27.5. The van der Waals surface area contributed by atoms with E-state index in [0.29, 0.717) is 23.9 Å². The summed E-state index contributed by atoms with van der Waals surface area (Å²) in [7, 11) is -3.59. The van der Waals surface area contributed by atoms with Crippen LogP contribution in [0.15, 0.2) is 70.8 Å². The highest BCUT2D eigenvalue weighted by molar-refractivity contribution is 7.89. The van der Waals surface area contributed by atoms with E-state index in [2.05, 4.69) is 12.1 Å². The summed E-state index contributed by atoms with van der Waals surface area (Å²) in [6, 6.07) is 17.2. The van der Waals surface area contributed by atoms with Crippen molar-refractivity contribution in [2.75, 3.05) is 13.1 Å². The fourth-order valence-corrected chi connectivity index (χ4v) is 7.40. The molecule has 2 bridgehead atoms. The van der Waals surface area contributed by atoms with E-state index in [-0.39, 0.29) is 11.9 Å². The standard InChI is InChI=1S/C25H27NO4S/c1-17-8-10-22(11-9-17)31(28,29)26-15-21-13-20-14-25(21,16-26)24(30-18(2)27)23(20)12-19-6-4-3-5-7-19/h3-11,20-21H,12-16H2,1-2H3/t20?,21-,25-/m0/s1. The number of hydrogen-bond donors (Lipinski definition) is 0. The summed E-state index contributed by atoms with van der Waals surface area (Å²) >= 11 is 0. The fourth-order valence-electron chi connectivity index (χ4n) is 5.84. The Bertz CT molecular complexity index is 1150. The van der Waals surface area contributed by atoms with Crippen LogP contribution in [0.1, 0.15) is 30.9 Å². The molecule has 0 N–H and O–H groups in total. The lowest BCUT2D eigenvalue weighted by Crippen LogP contribution is -2.33. The van der Waals surface area contributed by atoms with Crippen LogP contribution in [0.3, 0.4) is 0 Å². The second-order valence-electron chi connectivity index (χ2n) is 9.21. The van der Waals surface area contributed by atoms with E-state index in [1.54, 1.807) is 16.4 Å².